The SMILES string of the molecule is CC(=O)N(C)c1cc(N(C)C(C)=O)cc(N(C)C(C)=O)c1.CC(=O)Oc1cc(-c2ccccc2C)cc(-c2ccccc2C)c1.COC(=O)c1cc(-c2ccccc2C)cc(-c2ccccc2C)c1.Cc1ccccc1-c1cc(-c2ccccc2C)cc(-c2ccccc2C)c1.Cc1ccccc1-c1cc(C(=O)N(C)C)cc(-c2ccccc2C)c1. The molecule has 0 aliphatic rings. The number of aryl methyl sites for hydroxylation is 9. The Hall–Kier alpha value is -14.1. The van der Waals surface area contributed by atoms with Crippen molar-refractivity contribution in [2.24, 2.45) is 0 Å². The number of methoxy groups -OCH3 is 1. The molecule has 0 bridgehead atoms. The Bertz CT molecular complexity index is 5670. The highest BCUT2D eigenvalue weighted by molar-refractivity contribution is 6.00. The second kappa shape index (κ2) is 41.3. The molecule has 0 aromatic heterocycles. The summed E-state index contributed by atoms with van der Waals surface area (Å²) in [6, 6.07) is 106. The lowest BCUT2D eigenvalue weighted by Crippen LogP contribution is -2.28. The quantitative estimate of drug-likeness (QED) is 0.0732. The number of rotatable bonds is 15. The first-order valence-electron chi connectivity index (χ1n) is 40.4. The lowest BCUT2D eigenvalue weighted by atomic mass is 9.89. The van der Waals surface area contributed by atoms with Gasteiger partial charge in [-0.2, -0.15) is 0 Å². The fourth-order valence-electron chi connectivity index (χ4n) is 14.5. The van der Waals surface area contributed by atoms with E-state index in [1.807, 2.05) is 109 Å². The summed E-state index contributed by atoms with van der Waals surface area (Å²) in [4.78, 5) is 76.8. The minimum atomic E-state index is -0.319. The van der Waals surface area contributed by atoms with Gasteiger partial charge in [-0.05, 0) is 304 Å². The van der Waals surface area contributed by atoms with E-state index in [0.29, 0.717) is 33.9 Å². The summed E-state index contributed by atoms with van der Waals surface area (Å²) in [5, 5.41) is 0. The molecule has 121 heavy (non-hydrogen) atoms. The number of hydrogen-bond donors (Lipinski definition) is 0. The lowest BCUT2D eigenvalue weighted by molar-refractivity contribution is -0.132. The third-order valence-electron chi connectivity index (χ3n) is 21.6. The van der Waals surface area contributed by atoms with E-state index in [-0.39, 0.29) is 35.6 Å². The van der Waals surface area contributed by atoms with Crippen molar-refractivity contribution in [1.82, 2.24) is 4.90 Å². The van der Waals surface area contributed by atoms with Gasteiger partial charge < -0.3 is 29.1 Å². The van der Waals surface area contributed by atoms with E-state index in [2.05, 4.69) is 244 Å². The van der Waals surface area contributed by atoms with Crippen molar-refractivity contribution in [1.29, 1.82) is 0 Å². The Balaban J connectivity index is 0.000000159. The standard InChI is InChI=1S/C27H24.C23H23NO.2C22H20O2.C15H21N3O3/c1-19-10-4-7-13-25(19)22-16-23(26-14-8-5-11-20(26)2)18-24(17-22)27-15-9-6-12-21(27)3;1-16-9-5-7-11-21(16)18-13-19(22-12-8-6-10-17(22)2)15-20(14-18)23(25)24(3)4;1-15-8-4-6-10-20(15)17-12-18(14-19(13-17)22(23)24-3)21-11-7-5-9-16(21)2;1-15-8-4-6-10-21(15)18-12-19(14-20(13-18)24-17(3)23)22-11-7-5-9-16(22)2;1-10(19)16(4)13-7-14(17(5)11(2)20)9-15(8-13)18(6)12(3)21/h4-18H,1-3H3;5-15H,1-4H3;2*4-14H,1-3H3;7-9H,1-6H3. The highest BCUT2D eigenvalue weighted by Crippen LogP contribution is 2.40. The van der Waals surface area contributed by atoms with Gasteiger partial charge in [-0.15, -0.1) is 0 Å². The Labute approximate surface area is 715 Å². The lowest BCUT2D eigenvalue weighted by Gasteiger charge is -2.24. The van der Waals surface area contributed by atoms with Gasteiger partial charge in [0.25, 0.3) is 5.91 Å². The zero-order valence-corrected chi connectivity index (χ0v) is 73.0. The van der Waals surface area contributed by atoms with Crippen molar-refractivity contribution in [2.75, 3.05) is 57.0 Å². The molecular formula is C109H108N4O8. The molecule has 612 valence electrons. The number of amides is 4. The monoisotopic (exact) mass is 1600 g/mol. The fourth-order valence-corrected chi connectivity index (χ4v) is 14.5. The molecule has 14 rings (SSSR count). The molecule has 0 saturated carbocycles. The third-order valence-corrected chi connectivity index (χ3v) is 21.6. The molecular weight excluding hydrogens is 1490 g/mol. The van der Waals surface area contributed by atoms with Gasteiger partial charge in [0.15, 0.2) is 0 Å². The van der Waals surface area contributed by atoms with Gasteiger partial charge in [0.2, 0.25) is 17.7 Å². The normalized spacial score (nSPS) is 10.5. The summed E-state index contributed by atoms with van der Waals surface area (Å²) >= 11 is 0. The predicted octanol–water partition coefficient (Wildman–Crippen LogP) is 25.6. The summed E-state index contributed by atoms with van der Waals surface area (Å²) in [5.41, 5.74) is 35.0. The molecule has 0 N–H and O–H groups in total. The smallest absolute Gasteiger partial charge is 0.337 e. The van der Waals surface area contributed by atoms with Crippen LogP contribution in [0.2, 0.25) is 0 Å². The minimum absolute atomic E-state index is 0.0188. The highest BCUT2D eigenvalue weighted by Gasteiger charge is 2.20. The largest absolute Gasteiger partial charge is 0.465 e. The van der Waals surface area contributed by atoms with Crippen LogP contribution in [0.3, 0.4) is 0 Å². The summed E-state index contributed by atoms with van der Waals surface area (Å²) in [5.74, 6) is -0.433. The van der Waals surface area contributed by atoms with E-state index in [1.54, 1.807) is 58.3 Å². The first-order chi connectivity index (χ1) is 57.9. The van der Waals surface area contributed by atoms with E-state index in [0.717, 1.165) is 66.8 Å². The van der Waals surface area contributed by atoms with Crippen LogP contribution in [-0.2, 0) is 23.9 Å². The number of carbonyl (C=O) groups is 6. The van der Waals surface area contributed by atoms with E-state index < -0.39 is 0 Å². The van der Waals surface area contributed by atoms with Gasteiger partial charge in [0.1, 0.15) is 5.75 Å². The number of nitrogens with zero attached hydrogens (tertiary/aromatic N) is 4. The van der Waals surface area contributed by atoms with Gasteiger partial charge in [-0.25, -0.2) is 4.79 Å². The summed E-state index contributed by atoms with van der Waals surface area (Å²) in [6.07, 6.45) is 0. The maximum atomic E-state index is 12.6. The highest BCUT2D eigenvalue weighted by atomic mass is 16.5. The van der Waals surface area contributed by atoms with Gasteiger partial charge in [0, 0.05) is 85.6 Å². The van der Waals surface area contributed by atoms with Crippen LogP contribution in [0.25, 0.3) is 100 Å². The summed E-state index contributed by atoms with van der Waals surface area (Å²) in [7, 11) is 9.93. The molecule has 0 radical (unpaired) electrons. The van der Waals surface area contributed by atoms with Crippen LogP contribution in [0, 0.1) is 62.3 Å². The number of carbonyl (C=O) groups excluding carboxylic acids is 6. The molecule has 0 fully saturated rings. The Kier molecular flexibility index (Phi) is 30.5. The third kappa shape index (κ3) is 23.0. The fraction of sp³-hybridized carbons (Fsp3) is 0.174. The summed E-state index contributed by atoms with van der Waals surface area (Å²) < 4.78 is 10.3. The van der Waals surface area contributed by atoms with Crippen molar-refractivity contribution in [3.05, 3.63) is 371 Å². The van der Waals surface area contributed by atoms with Crippen molar-refractivity contribution in [3.8, 4) is 106 Å². The first-order valence-corrected chi connectivity index (χ1v) is 40.4. The van der Waals surface area contributed by atoms with Gasteiger partial charge in [-0.1, -0.05) is 218 Å². The van der Waals surface area contributed by atoms with Crippen LogP contribution in [-0.4, -0.2) is 82.8 Å². The second-order valence-corrected chi connectivity index (χ2v) is 30.7. The minimum Gasteiger partial charge on any atom is -0.465 e. The van der Waals surface area contributed by atoms with Crippen LogP contribution in [0.15, 0.2) is 309 Å². The maximum Gasteiger partial charge on any atom is 0.337 e. The molecule has 14 aromatic rings. The number of hydrogen-bond acceptors (Lipinski definition) is 8. The maximum absolute atomic E-state index is 12.6. The van der Waals surface area contributed by atoms with Gasteiger partial charge >= 0.3 is 11.9 Å². The van der Waals surface area contributed by atoms with Crippen molar-refractivity contribution in [2.45, 2.75) is 90.0 Å². The number of benzene rings is 14. The molecule has 12 nitrogen and oxygen atoms in total. The van der Waals surface area contributed by atoms with Crippen LogP contribution < -0.4 is 19.4 Å². The van der Waals surface area contributed by atoms with E-state index in [1.165, 1.54) is 133 Å². The average Bonchev–Trinajstić information content (AvgIpc) is 0.781. The first kappa shape index (κ1) is 89.2. The Morgan fingerprint density at radius 3 is 0.595 bits per heavy atom. The van der Waals surface area contributed by atoms with Crippen molar-refractivity contribution in [3.63, 3.8) is 0 Å². The predicted molar refractivity (Wildman–Crippen MR) is 502 cm³/mol. The molecule has 0 aliphatic heterocycles. The molecule has 4 amide bonds. The molecule has 14 aromatic carbocycles. The average molecular weight is 1600 g/mol. The van der Waals surface area contributed by atoms with Gasteiger partial charge in [0.05, 0.1) is 12.7 Å². The number of ether oxygens (including phenoxy) is 2. The van der Waals surface area contributed by atoms with Gasteiger partial charge in [-0.3, -0.25) is 24.0 Å². The Morgan fingerprint density at radius 1 is 0.240 bits per heavy atom. The molecule has 12 heteroatoms. The van der Waals surface area contributed by atoms with E-state index in [9.17, 15) is 28.8 Å². The van der Waals surface area contributed by atoms with Crippen molar-refractivity contribution < 1.29 is 38.2 Å². The van der Waals surface area contributed by atoms with Crippen LogP contribution in [0.1, 0.15) is 98.5 Å². The topological polar surface area (TPSA) is 134 Å². The molecule has 0 spiro atoms. The molecule has 0 atom stereocenters. The van der Waals surface area contributed by atoms with Crippen LogP contribution >= 0.6 is 0 Å². The molecule has 0 heterocycles. The van der Waals surface area contributed by atoms with E-state index >= 15 is 0 Å². The van der Waals surface area contributed by atoms with Crippen molar-refractivity contribution >= 4 is 52.6 Å². The zero-order chi connectivity index (χ0) is 87.3. The number of anilines is 3. The van der Waals surface area contributed by atoms with E-state index in [4.69, 9.17) is 9.47 Å². The molecule has 0 unspecified atom stereocenters. The van der Waals surface area contributed by atoms with Crippen LogP contribution in [0.4, 0.5) is 17.1 Å². The molecule has 0 aliphatic carbocycles. The summed E-state index contributed by atoms with van der Waals surface area (Å²) in [6.45, 7) is 24.9. The Morgan fingerprint density at radius 2 is 0.421 bits per heavy atom. The zero-order valence-electron chi connectivity index (χ0n) is 73.0. The molecule has 0 saturated heterocycles. The van der Waals surface area contributed by atoms with Crippen LogP contribution in [0.5, 0.6) is 5.75 Å². The number of esters is 2. The second-order valence-electron chi connectivity index (χ2n) is 30.7.